The van der Waals surface area contributed by atoms with Gasteiger partial charge in [0.2, 0.25) is 5.95 Å². The maximum absolute atomic E-state index is 5.78. The first-order valence-corrected chi connectivity index (χ1v) is 5.60. The molecule has 0 saturated heterocycles. The number of hydrogen-bond donors (Lipinski definition) is 2. The maximum Gasteiger partial charge on any atom is 0.224 e. The van der Waals surface area contributed by atoms with Crippen LogP contribution in [0.2, 0.25) is 0 Å². The van der Waals surface area contributed by atoms with E-state index in [1.165, 1.54) is 0 Å². The molecular formula is C12H12N6O. The molecule has 19 heavy (non-hydrogen) atoms. The van der Waals surface area contributed by atoms with E-state index in [-0.39, 0.29) is 11.8 Å². The van der Waals surface area contributed by atoms with E-state index in [4.69, 9.17) is 16.2 Å². The number of nitrogen functional groups attached to an aromatic ring is 2. The lowest BCUT2D eigenvalue weighted by molar-refractivity contribution is 0.413. The highest BCUT2D eigenvalue weighted by Gasteiger charge is 2.13. The second-order valence-electron chi connectivity index (χ2n) is 3.93. The molecule has 0 aliphatic carbocycles. The highest BCUT2D eigenvalue weighted by molar-refractivity contribution is 5.84. The van der Waals surface area contributed by atoms with Crippen LogP contribution in [-0.2, 0) is 0 Å². The van der Waals surface area contributed by atoms with Crippen LogP contribution in [0.15, 0.2) is 30.6 Å². The first kappa shape index (κ1) is 11.3. The molecule has 2 heterocycles. The van der Waals surface area contributed by atoms with Crippen molar-refractivity contribution in [2.75, 3.05) is 18.6 Å². The van der Waals surface area contributed by atoms with Gasteiger partial charge in [-0.05, 0) is 12.1 Å². The van der Waals surface area contributed by atoms with Crippen LogP contribution in [-0.4, -0.2) is 26.6 Å². The van der Waals surface area contributed by atoms with Gasteiger partial charge < -0.3 is 16.2 Å². The summed E-state index contributed by atoms with van der Waals surface area (Å²) in [5, 5.41) is 0. The van der Waals surface area contributed by atoms with Crippen molar-refractivity contribution in [3.8, 4) is 11.4 Å². The number of ether oxygens (including phenoxy) is 1. The molecule has 1 aromatic carbocycles. The summed E-state index contributed by atoms with van der Waals surface area (Å²) in [5.41, 5.74) is 13.3. The average Bonchev–Trinajstić information content (AvgIpc) is 2.82. The summed E-state index contributed by atoms with van der Waals surface area (Å²) in [7, 11) is 1.61. The standard InChI is InChI=1S/C12H12N6O/c1-19-8-5-3-2-4-7(8)18-6-15-9-10(13)16-12(14)17-11(9)18/h2-6H,1H3,(H4,13,14,16,17). The van der Waals surface area contributed by atoms with Gasteiger partial charge in [0.25, 0.3) is 0 Å². The molecule has 7 heteroatoms. The van der Waals surface area contributed by atoms with Crippen molar-refractivity contribution in [2.24, 2.45) is 0 Å². The quantitative estimate of drug-likeness (QED) is 0.708. The molecule has 4 N–H and O–H groups in total. The highest BCUT2D eigenvalue weighted by Crippen LogP contribution is 2.26. The number of anilines is 2. The van der Waals surface area contributed by atoms with Crippen LogP contribution in [0, 0.1) is 0 Å². The largest absolute Gasteiger partial charge is 0.495 e. The van der Waals surface area contributed by atoms with Crippen LogP contribution in [0.4, 0.5) is 11.8 Å². The summed E-state index contributed by atoms with van der Waals surface area (Å²) < 4.78 is 7.09. The van der Waals surface area contributed by atoms with Gasteiger partial charge in [-0.3, -0.25) is 4.57 Å². The molecule has 3 rings (SSSR count). The molecule has 0 aliphatic rings. The molecule has 0 radical (unpaired) electrons. The molecule has 0 spiro atoms. The number of methoxy groups -OCH3 is 1. The first-order valence-electron chi connectivity index (χ1n) is 5.60. The van der Waals surface area contributed by atoms with Gasteiger partial charge in [0, 0.05) is 0 Å². The second-order valence-corrected chi connectivity index (χ2v) is 3.93. The van der Waals surface area contributed by atoms with Crippen LogP contribution >= 0.6 is 0 Å². The lowest BCUT2D eigenvalue weighted by Gasteiger charge is -2.09. The molecule has 0 unspecified atom stereocenters. The number of rotatable bonds is 2. The van der Waals surface area contributed by atoms with Crippen molar-refractivity contribution in [1.82, 2.24) is 19.5 Å². The molecule has 0 amide bonds. The minimum atomic E-state index is 0.113. The Balaban J connectivity index is 2.31. The summed E-state index contributed by atoms with van der Waals surface area (Å²) in [6, 6.07) is 7.54. The van der Waals surface area contributed by atoms with Gasteiger partial charge in [-0.2, -0.15) is 9.97 Å². The van der Waals surface area contributed by atoms with Crippen LogP contribution in [0.5, 0.6) is 5.75 Å². The number of aromatic nitrogens is 4. The molecular weight excluding hydrogens is 244 g/mol. The molecule has 0 saturated carbocycles. The van der Waals surface area contributed by atoms with Crippen LogP contribution in [0.1, 0.15) is 0 Å². The number of nitrogens with two attached hydrogens (primary N) is 2. The molecule has 3 aromatic rings. The fourth-order valence-corrected chi connectivity index (χ4v) is 1.94. The predicted octanol–water partition coefficient (Wildman–Crippen LogP) is 0.988. The Labute approximate surface area is 108 Å². The Bertz CT molecular complexity index is 751. The summed E-state index contributed by atoms with van der Waals surface area (Å²) in [6.07, 6.45) is 1.62. The van der Waals surface area contributed by atoms with E-state index in [2.05, 4.69) is 15.0 Å². The Morgan fingerprint density at radius 3 is 2.74 bits per heavy atom. The molecule has 0 fully saturated rings. The van der Waals surface area contributed by atoms with Gasteiger partial charge in [-0.25, -0.2) is 4.98 Å². The Morgan fingerprint density at radius 1 is 1.16 bits per heavy atom. The van der Waals surface area contributed by atoms with E-state index in [9.17, 15) is 0 Å². The fourth-order valence-electron chi connectivity index (χ4n) is 1.94. The van der Waals surface area contributed by atoms with E-state index < -0.39 is 0 Å². The summed E-state index contributed by atoms with van der Waals surface area (Å²) in [5.74, 6) is 1.08. The molecule has 96 valence electrons. The number of fused-ring (bicyclic) bond motifs is 1. The van der Waals surface area contributed by atoms with Gasteiger partial charge in [-0.1, -0.05) is 12.1 Å². The van der Waals surface area contributed by atoms with E-state index in [1.54, 1.807) is 18.0 Å². The summed E-state index contributed by atoms with van der Waals surface area (Å²) in [4.78, 5) is 12.3. The van der Waals surface area contributed by atoms with Crippen LogP contribution in [0.3, 0.4) is 0 Å². The van der Waals surface area contributed by atoms with Crippen molar-refractivity contribution in [3.63, 3.8) is 0 Å². The first-order chi connectivity index (χ1) is 9.20. The third-order valence-electron chi connectivity index (χ3n) is 2.79. The zero-order valence-electron chi connectivity index (χ0n) is 10.2. The molecule has 0 aliphatic heterocycles. The molecule has 7 nitrogen and oxygen atoms in total. The normalized spacial score (nSPS) is 10.8. The zero-order chi connectivity index (χ0) is 13.4. The van der Waals surface area contributed by atoms with Crippen molar-refractivity contribution in [3.05, 3.63) is 30.6 Å². The van der Waals surface area contributed by atoms with E-state index in [1.807, 2.05) is 24.3 Å². The van der Waals surface area contributed by atoms with Gasteiger partial charge in [-0.15, -0.1) is 0 Å². The Morgan fingerprint density at radius 2 is 1.95 bits per heavy atom. The number of nitrogens with zero attached hydrogens (tertiary/aromatic N) is 4. The van der Waals surface area contributed by atoms with Gasteiger partial charge in [0.05, 0.1) is 12.8 Å². The van der Waals surface area contributed by atoms with Crippen molar-refractivity contribution in [1.29, 1.82) is 0 Å². The SMILES string of the molecule is COc1ccccc1-n1cnc2c(N)nc(N)nc21. The third kappa shape index (κ3) is 1.71. The van der Waals surface area contributed by atoms with Crippen molar-refractivity contribution in [2.45, 2.75) is 0 Å². The number of para-hydroxylation sites is 2. The minimum absolute atomic E-state index is 0.113. The highest BCUT2D eigenvalue weighted by atomic mass is 16.5. The summed E-state index contributed by atoms with van der Waals surface area (Å²) in [6.45, 7) is 0. The van der Waals surface area contributed by atoms with Gasteiger partial charge in [0.15, 0.2) is 17.0 Å². The predicted molar refractivity (Wildman–Crippen MR) is 72.0 cm³/mol. The smallest absolute Gasteiger partial charge is 0.224 e. The molecule has 0 atom stereocenters. The third-order valence-corrected chi connectivity index (χ3v) is 2.79. The minimum Gasteiger partial charge on any atom is -0.495 e. The lowest BCUT2D eigenvalue weighted by Crippen LogP contribution is -2.03. The van der Waals surface area contributed by atoms with Crippen molar-refractivity contribution < 1.29 is 4.74 Å². The lowest BCUT2D eigenvalue weighted by atomic mass is 10.3. The summed E-state index contributed by atoms with van der Waals surface area (Å²) >= 11 is 0. The Hall–Kier alpha value is -2.83. The number of benzene rings is 1. The fraction of sp³-hybridized carbons (Fsp3) is 0.0833. The van der Waals surface area contributed by atoms with Crippen LogP contribution < -0.4 is 16.2 Å². The van der Waals surface area contributed by atoms with Crippen molar-refractivity contribution >= 4 is 22.9 Å². The van der Waals surface area contributed by atoms with Gasteiger partial charge in [0.1, 0.15) is 12.1 Å². The number of imidazole rings is 1. The van der Waals surface area contributed by atoms with E-state index in [0.717, 1.165) is 5.69 Å². The zero-order valence-corrected chi connectivity index (χ0v) is 10.2. The maximum atomic E-state index is 5.78. The molecule has 0 bridgehead atoms. The second kappa shape index (κ2) is 4.13. The van der Waals surface area contributed by atoms with E-state index >= 15 is 0 Å². The molecule has 2 aromatic heterocycles. The Kier molecular flexibility index (Phi) is 2.45. The van der Waals surface area contributed by atoms with E-state index in [0.29, 0.717) is 16.9 Å². The monoisotopic (exact) mass is 256 g/mol. The topological polar surface area (TPSA) is 105 Å². The average molecular weight is 256 g/mol. The van der Waals surface area contributed by atoms with Crippen LogP contribution in [0.25, 0.3) is 16.9 Å². The number of hydrogen-bond acceptors (Lipinski definition) is 6. The van der Waals surface area contributed by atoms with Gasteiger partial charge >= 0.3 is 0 Å².